The van der Waals surface area contributed by atoms with Crippen LogP contribution in [0.1, 0.15) is 63.2 Å². The summed E-state index contributed by atoms with van der Waals surface area (Å²) in [6.45, 7) is 8.68. The van der Waals surface area contributed by atoms with E-state index in [1.165, 1.54) is 15.8 Å². The van der Waals surface area contributed by atoms with Crippen LogP contribution in [0.25, 0.3) is 10.8 Å². The summed E-state index contributed by atoms with van der Waals surface area (Å²) in [4.78, 5) is 15.0. The molecule has 4 aromatic carbocycles. The highest BCUT2D eigenvalue weighted by Crippen LogP contribution is 2.74. The molecule has 4 aromatic rings. The molecule has 43 heavy (non-hydrogen) atoms. The normalized spacial score (nSPS) is 25.6. The van der Waals surface area contributed by atoms with Gasteiger partial charge < -0.3 is 9.47 Å². The molecule has 0 radical (unpaired) electrons. The average Bonchev–Trinajstić information content (AvgIpc) is 3.72. The van der Waals surface area contributed by atoms with Crippen molar-refractivity contribution in [1.29, 1.82) is 0 Å². The zero-order valence-electron chi connectivity index (χ0n) is 25.9. The van der Waals surface area contributed by atoms with E-state index in [9.17, 15) is 0 Å². The van der Waals surface area contributed by atoms with Crippen LogP contribution in [0.3, 0.4) is 0 Å². The van der Waals surface area contributed by atoms with E-state index < -0.39 is 8.07 Å². The van der Waals surface area contributed by atoms with Gasteiger partial charge in [-0.3, -0.25) is 4.79 Å². The fraction of sp³-hybridized carbons (Fsp3) is 0.410. The van der Waals surface area contributed by atoms with Crippen LogP contribution in [0.5, 0.6) is 0 Å². The van der Waals surface area contributed by atoms with E-state index in [4.69, 9.17) is 9.47 Å². The number of hydrogen-bond acceptors (Lipinski definition) is 3. The predicted octanol–water partition coefficient (Wildman–Crippen LogP) is 8.03. The molecule has 1 saturated heterocycles. The van der Waals surface area contributed by atoms with Crippen LogP contribution in [-0.4, -0.2) is 33.4 Å². The molecule has 2 bridgehead atoms. The van der Waals surface area contributed by atoms with Crippen molar-refractivity contribution in [3.8, 4) is 0 Å². The van der Waals surface area contributed by atoms with E-state index in [1.807, 2.05) is 0 Å². The number of carbonyl (C=O) groups is 1. The number of fused-ring (bicyclic) bond motifs is 2. The molecule has 0 amide bonds. The lowest BCUT2D eigenvalue weighted by molar-refractivity contribution is -0.0594. The van der Waals surface area contributed by atoms with Crippen LogP contribution in [0, 0.1) is 16.7 Å². The molecule has 0 N–H and O–H groups in total. The van der Waals surface area contributed by atoms with E-state index in [-0.39, 0.29) is 22.2 Å². The van der Waals surface area contributed by atoms with Crippen LogP contribution in [-0.2, 0) is 9.47 Å². The zero-order chi connectivity index (χ0) is 29.7. The van der Waals surface area contributed by atoms with Gasteiger partial charge in [-0.1, -0.05) is 128 Å². The molecule has 3 aliphatic carbocycles. The molecule has 0 aromatic heterocycles. The number of benzene rings is 4. The summed E-state index contributed by atoms with van der Waals surface area (Å²) < 4.78 is 12.0. The first kappa shape index (κ1) is 28.7. The minimum Gasteiger partial charge on any atom is -0.350 e. The summed E-state index contributed by atoms with van der Waals surface area (Å²) in [6, 6.07) is 38.4. The maximum absolute atomic E-state index is 15.0. The SMILES string of the molecule is CC(C)(C)[Si](C[C@]1(CCC2OCCO2)CC2CC1(C(=O)c1ccc3ccccc3c1)C2)(c1ccccc1)c1ccccc1. The van der Waals surface area contributed by atoms with Gasteiger partial charge in [0.15, 0.2) is 12.1 Å². The zero-order valence-corrected chi connectivity index (χ0v) is 26.9. The predicted molar refractivity (Wildman–Crippen MR) is 178 cm³/mol. The van der Waals surface area contributed by atoms with Crippen molar-refractivity contribution < 1.29 is 14.3 Å². The van der Waals surface area contributed by atoms with E-state index >= 15 is 4.79 Å². The maximum atomic E-state index is 15.0. The van der Waals surface area contributed by atoms with Crippen molar-refractivity contribution in [2.45, 2.75) is 70.2 Å². The highest BCUT2D eigenvalue weighted by molar-refractivity contribution is 7.04. The van der Waals surface area contributed by atoms with Crippen LogP contribution >= 0.6 is 0 Å². The standard InChI is InChI=1S/C39H44O3Si/c1-37(2,3)43(33-14-6-4-7-15-33,34-16-8-5-9-17-34)28-38(21-20-35-41-22-23-42-35)25-29-26-39(38,27-29)36(40)32-19-18-30-12-10-11-13-31(30)24-32/h4-19,24,29,35H,20-23,25-28H2,1-3H3/t29?,38-,39?/m0/s1. The Morgan fingerprint density at radius 3 is 1.95 bits per heavy atom. The number of rotatable bonds is 9. The Hall–Kier alpha value is -3.05. The molecule has 3 saturated carbocycles. The van der Waals surface area contributed by atoms with Crippen LogP contribution in [0.15, 0.2) is 103 Å². The molecule has 222 valence electrons. The van der Waals surface area contributed by atoms with Gasteiger partial charge in [-0.25, -0.2) is 0 Å². The first-order valence-corrected chi connectivity index (χ1v) is 18.4. The second kappa shape index (κ2) is 10.8. The molecular formula is C39H44O3Si. The summed E-state index contributed by atoms with van der Waals surface area (Å²) >= 11 is 0. The second-order valence-corrected chi connectivity index (χ2v) is 19.3. The third-order valence-electron chi connectivity index (χ3n) is 11.4. The maximum Gasteiger partial charge on any atom is 0.169 e. The van der Waals surface area contributed by atoms with Crippen LogP contribution in [0.4, 0.5) is 0 Å². The number of ketones is 1. The molecule has 1 heterocycles. The molecule has 3 nitrogen and oxygen atoms in total. The molecule has 4 aliphatic rings. The third-order valence-corrected chi connectivity index (χ3v) is 17.8. The van der Waals surface area contributed by atoms with Crippen molar-refractivity contribution in [2.75, 3.05) is 13.2 Å². The van der Waals surface area contributed by atoms with Gasteiger partial charge in [0.05, 0.1) is 13.2 Å². The Kier molecular flexibility index (Phi) is 7.23. The largest absolute Gasteiger partial charge is 0.350 e. The topological polar surface area (TPSA) is 35.5 Å². The fourth-order valence-corrected chi connectivity index (χ4v) is 15.6. The van der Waals surface area contributed by atoms with Gasteiger partial charge in [-0.15, -0.1) is 0 Å². The van der Waals surface area contributed by atoms with Crippen LogP contribution in [0.2, 0.25) is 11.1 Å². The number of Topliss-reactive ketones (excluding diaryl/α,β-unsaturated/α-hetero) is 1. The molecule has 8 rings (SSSR count). The monoisotopic (exact) mass is 588 g/mol. The summed E-state index contributed by atoms with van der Waals surface area (Å²) in [5.41, 5.74) is 0.395. The van der Waals surface area contributed by atoms with E-state index in [0.717, 1.165) is 49.1 Å². The molecule has 1 aliphatic heterocycles. The smallest absolute Gasteiger partial charge is 0.169 e. The molecule has 0 spiro atoms. The quantitative estimate of drug-likeness (QED) is 0.147. The van der Waals surface area contributed by atoms with Crippen LogP contribution < -0.4 is 10.4 Å². The number of carbonyl (C=O) groups excluding carboxylic acids is 1. The van der Waals surface area contributed by atoms with Gasteiger partial charge in [0.2, 0.25) is 0 Å². The second-order valence-electron chi connectivity index (χ2n) is 14.5. The van der Waals surface area contributed by atoms with Gasteiger partial charge >= 0.3 is 0 Å². The van der Waals surface area contributed by atoms with E-state index in [2.05, 4.69) is 124 Å². The Labute approximate surface area is 257 Å². The summed E-state index contributed by atoms with van der Waals surface area (Å²) in [6.07, 6.45) is 4.76. The highest BCUT2D eigenvalue weighted by atomic mass is 28.3. The minimum absolute atomic E-state index is 0.0310. The van der Waals surface area contributed by atoms with Crippen molar-refractivity contribution in [3.05, 3.63) is 109 Å². The summed E-state index contributed by atoms with van der Waals surface area (Å²) in [5, 5.41) is 5.30. The number of ether oxygens (including phenoxy) is 2. The summed E-state index contributed by atoms with van der Waals surface area (Å²) in [5.74, 6) is 0.964. The lowest BCUT2D eigenvalue weighted by atomic mass is 9.56. The first-order valence-electron chi connectivity index (χ1n) is 16.1. The Morgan fingerprint density at radius 1 is 0.767 bits per heavy atom. The number of hydrogen-bond donors (Lipinski definition) is 0. The fourth-order valence-electron chi connectivity index (χ4n) is 9.38. The van der Waals surface area contributed by atoms with Crippen molar-refractivity contribution in [1.82, 2.24) is 0 Å². The minimum atomic E-state index is -2.45. The van der Waals surface area contributed by atoms with Crippen molar-refractivity contribution >= 4 is 35.0 Å². The Bertz CT molecular complexity index is 1560. The molecule has 4 fully saturated rings. The highest BCUT2D eigenvalue weighted by Gasteiger charge is 2.71. The van der Waals surface area contributed by atoms with Gasteiger partial charge in [-0.05, 0) is 71.4 Å². The van der Waals surface area contributed by atoms with Crippen molar-refractivity contribution in [2.24, 2.45) is 16.7 Å². The van der Waals surface area contributed by atoms with Gasteiger partial charge in [0.25, 0.3) is 0 Å². The van der Waals surface area contributed by atoms with E-state index in [1.54, 1.807) is 0 Å². The summed E-state index contributed by atoms with van der Waals surface area (Å²) in [7, 11) is -2.45. The Balaban J connectivity index is 1.39. The van der Waals surface area contributed by atoms with Gasteiger partial charge in [-0.2, -0.15) is 0 Å². The molecule has 4 heteroatoms. The lowest BCUT2D eigenvalue weighted by Crippen LogP contribution is -2.67. The average molecular weight is 589 g/mol. The lowest BCUT2D eigenvalue weighted by Gasteiger charge is -2.54. The van der Waals surface area contributed by atoms with E-state index in [0.29, 0.717) is 24.9 Å². The molecular weight excluding hydrogens is 545 g/mol. The van der Waals surface area contributed by atoms with Crippen molar-refractivity contribution in [3.63, 3.8) is 0 Å². The first-order chi connectivity index (χ1) is 20.8. The molecule has 0 unspecified atom stereocenters. The third kappa shape index (κ3) is 4.65. The Morgan fingerprint density at radius 2 is 1.35 bits per heavy atom. The molecule has 1 atom stereocenters. The van der Waals surface area contributed by atoms with Gasteiger partial charge in [0, 0.05) is 11.0 Å². The van der Waals surface area contributed by atoms with Gasteiger partial charge in [0.1, 0.15) is 8.07 Å².